The number of carbonyl (C=O) groups is 1. The van der Waals surface area contributed by atoms with Gasteiger partial charge in [-0.1, -0.05) is 48.3 Å². The summed E-state index contributed by atoms with van der Waals surface area (Å²) in [5.74, 6) is 0.775. The summed E-state index contributed by atoms with van der Waals surface area (Å²) in [6.45, 7) is 7.57. The summed E-state index contributed by atoms with van der Waals surface area (Å²) in [6, 6.07) is 15.3. The molecule has 1 amide bonds. The van der Waals surface area contributed by atoms with E-state index in [0.29, 0.717) is 40.9 Å². The number of ether oxygens (including phenoxy) is 1. The zero-order valence-electron chi connectivity index (χ0n) is 20.1. The van der Waals surface area contributed by atoms with Crippen molar-refractivity contribution in [1.29, 1.82) is 0 Å². The number of hydrogen-bond donors (Lipinski definition) is 2. The minimum absolute atomic E-state index is 0.0404. The van der Waals surface area contributed by atoms with Crippen molar-refractivity contribution in [3.63, 3.8) is 0 Å². The molecule has 0 saturated carbocycles. The van der Waals surface area contributed by atoms with Gasteiger partial charge in [0.15, 0.2) is 11.6 Å². The number of carbonyl (C=O) groups excluding carboxylic acids is 1. The molecule has 184 valence electrons. The van der Waals surface area contributed by atoms with Crippen LogP contribution in [0.2, 0.25) is 10.0 Å². The first kappa shape index (κ1) is 25.3. The normalized spacial score (nSPS) is 18.8. The first-order valence-corrected chi connectivity index (χ1v) is 12.5. The Hall–Kier alpha value is -2.80. The lowest BCUT2D eigenvalue weighted by atomic mass is 10.0. The van der Waals surface area contributed by atoms with E-state index in [-0.39, 0.29) is 29.9 Å². The Bertz CT molecular complexity index is 1170. The molecule has 6 nitrogen and oxygen atoms in total. The second-order valence-corrected chi connectivity index (χ2v) is 9.83. The Morgan fingerprint density at radius 3 is 2.34 bits per heavy atom. The number of aromatic nitrogens is 1. The van der Waals surface area contributed by atoms with Gasteiger partial charge in [-0.25, -0.2) is 4.98 Å². The number of nitrogens with one attached hydrogen (secondary N) is 1. The Morgan fingerprint density at radius 1 is 1.11 bits per heavy atom. The van der Waals surface area contributed by atoms with Crippen molar-refractivity contribution in [2.45, 2.75) is 45.4 Å². The molecule has 0 aliphatic carbocycles. The van der Waals surface area contributed by atoms with E-state index in [0.717, 1.165) is 16.7 Å². The highest BCUT2D eigenvalue weighted by Crippen LogP contribution is 2.37. The maximum absolute atomic E-state index is 13.0. The van der Waals surface area contributed by atoms with E-state index in [1.54, 1.807) is 24.4 Å². The molecule has 2 aromatic carbocycles. The SMILES string of the molecule is CCC(Oc1cc(-c2ccc(C(=O)N3CC(C)NC(C)C3)cc2)cnc1N)c1c(Cl)cccc1Cl. The molecular weight excluding hydrogens is 483 g/mol. The molecule has 1 aliphatic heterocycles. The van der Waals surface area contributed by atoms with Crippen LogP contribution in [0.25, 0.3) is 11.1 Å². The third kappa shape index (κ3) is 5.72. The van der Waals surface area contributed by atoms with Crippen LogP contribution in [0.4, 0.5) is 5.82 Å². The maximum atomic E-state index is 13.0. The van der Waals surface area contributed by atoms with E-state index < -0.39 is 0 Å². The Morgan fingerprint density at radius 2 is 1.74 bits per heavy atom. The first-order valence-electron chi connectivity index (χ1n) is 11.8. The number of nitrogen functional groups attached to an aromatic ring is 1. The molecule has 0 radical (unpaired) electrons. The number of hydrogen-bond acceptors (Lipinski definition) is 5. The summed E-state index contributed by atoms with van der Waals surface area (Å²) < 4.78 is 6.24. The van der Waals surface area contributed by atoms with E-state index >= 15 is 0 Å². The number of nitrogens with zero attached hydrogens (tertiary/aromatic N) is 2. The molecule has 1 aromatic heterocycles. The fourth-order valence-electron chi connectivity index (χ4n) is 4.51. The summed E-state index contributed by atoms with van der Waals surface area (Å²) in [6.07, 6.45) is 1.97. The quantitative estimate of drug-likeness (QED) is 0.423. The smallest absolute Gasteiger partial charge is 0.253 e. The highest BCUT2D eigenvalue weighted by Gasteiger charge is 2.25. The van der Waals surface area contributed by atoms with Gasteiger partial charge in [0, 0.05) is 58.1 Å². The van der Waals surface area contributed by atoms with Gasteiger partial charge >= 0.3 is 0 Å². The monoisotopic (exact) mass is 512 g/mol. The molecule has 0 spiro atoms. The minimum atomic E-state index is -0.376. The lowest BCUT2D eigenvalue weighted by molar-refractivity contribution is 0.0674. The second kappa shape index (κ2) is 10.9. The van der Waals surface area contributed by atoms with Crippen LogP contribution < -0.4 is 15.8 Å². The van der Waals surface area contributed by atoms with Gasteiger partial charge in [-0.2, -0.15) is 0 Å². The van der Waals surface area contributed by atoms with Crippen molar-refractivity contribution in [2.24, 2.45) is 0 Å². The molecular formula is C27H30Cl2N4O2. The van der Waals surface area contributed by atoms with Crippen LogP contribution in [0.5, 0.6) is 5.75 Å². The van der Waals surface area contributed by atoms with Crippen LogP contribution in [0.3, 0.4) is 0 Å². The van der Waals surface area contributed by atoms with Crippen molar-refractivity contribution in [3.8, 4) is 16.9 Å². The zero-order chi connectivity index (χ0) is 25.1. The predicted molar refractivity (Wildman–Crippen MR) is 142 cm³/mol. The third-order valence-corrected chi connectivity index (χ3v) is 6.81. The van der Waals surface area contributed by atoms with Gasteiger partial charge in [0.05, 0.1) is 0 Å². The number of anilines is 1. The molecule has 0 bridgehead atoms. The summed E-state index contributed by atoms with van der Waals surface area (Å²) in [4.78, 5) is 19.2. The van der Waals surface area contributed by atoms with Crippen LogP contribution in [-0.4, -0.2) is 41.0 Å². The molecule has 4 rings (SSSR count). The molecule has 3 unspecified atom stereocenters. The molecule has 35 heavy (non-hydrogen) atoms. The van der Waals surface area contributed by atoms with E-state index in [2.05, 4.69) is 24.1 Å². The number of pyridine rings is 1. The van der Waals surface area contributed by atoms with Crippen molar-refractivity contribution < 1.29 is 9.53 Å². The average molecular weight is 513 g/mol. The molecule has 8 heteroatoms. The fraction of sp³-hybridized carbons (Fsp3) is 0.333. The summed E-state index contributed by atoms with van der Waals surface area (Å²) in [5, 5.41) is 4.54. The van der Waals surface area contributed by atoms with Crippen LogP contribution in [-0.2, 0) is 0 Å². The summed E-state index contributed by atoms with van der Waals surface area (Å²) >= 11 is 12.8. The van der Waals surface area contributed by atoms with Crippen molar-refractivity contribution in [1.82, 2.24) is 15.2 Å². The van der Waals surface area contributed by atoms with Crippen molar-refractivity contribution in [2.75, 3.05) is 18.8 Å². The van der Waals surface area contributed by atoms with Crippen molar-refractivity contribution in [3.05, 3.63) is 75.9 Å². The molecule has 3 aromatic rings. The van der Waals surface area contributed by atoms with Gasteiger partial charge in [-0.15, -0.1) is 0 Å². The number of halogens is 2. The largest absolute Gasteiger partial charge is 0.482 e. The zero-order valence-corrected chi connectivity index (χ0v) is 21.6. The standard InChI is InChI=1S/C27H30Cl2N4O2/c1-4-23(25-21(28)6-5-7-22(25)29)35-24-12-20(13-31-26(24)30)18-8-10-19(11-9-18)27(34)33-14-16(2)32-17(3)15-33/h5-13,16-17,23,32H,4,14-15H2,1-3H3,(H2,30,31). The average Bonchev–Trinajstić information content (AvgIpc) is 2.83. The molecule has 2 heterocycles. The topological polar surface area (TPSA) is 80.5 Å². The lowest BCUT2D eigenvalue weighted by Gasteiger charge is -2.36. The number of benzene rings is 2. The van der Waals surface area contributed by atoms with Crippen LogP contribution in [0.1, 0.15) is 49.2 Å². The van der Waals surface area contributed by atoms with Gasteiger partial charge in [-0.3, -0.25) is 4.79 Å². The lowest BCUT2D eigenvalue weighted by Crippen LogP contribution is -2.55. The highest BCUT2D eigenvalue weighted by molar-refractivity contribution is 6.36. The van der Waals surface area contributed by atoms with Gasteiger partial charge in [0.25, 0.3) is 5.91 Å². The Labute approximate surface area is 216 Å². The van der Waals surface area contributed by atoms with Gasteiger partial charge in [0.2, 0.25) is 0 Å². The summed E-state index contributed by atoms with van der Waals surface area (Å²) in [5.41, 5.74) is 9.26. The van der Waals surface area contributed by atoms with E-state index in [9.17, 15) is 4.79 Å². The van der Waals surface area contributed by atoms with Crippen molar-refractivity contribution >= 4 is 34.9 Å². The minimum Gasteiger partial charge on any atom is -0.482 e. The molecule has 1 fully saturated rings. The number of piperazine rings is 1. The maximum Gasteiger partial charge on any atom is 0.253 e. The summed E-state index contributed by atoms with van der Waals surface area (Å²) in [7, 11) is 0. The van der Waals surface area contributed by atoms with Crippen LogP contribution >= 0.6 is 23.2 Å². The van der Waals surface area contributed by atoms with Gasteiger partial charge in [0.1, 0.15) is 6.10 Å². The van der Waals surface area contributed by atoms with Gasteiger partial charge < -0.3 is 20.7 Å². The highest BCUT2D eigenvalue weighted by atomic mass is 35.5. The first-order chi connectivity index (χ1) is 16.8. The Balaban J connectivity index is 1.55. The molecule has 3 atom stereocenters. The number of rotatable bonds is 6. The predicted octanol–water partition coefficient (Wildman–Crippen LogP) is 5.99. The second-order valence-electron chi connectivity index (χ2n) is 9.01. The number of amides is 1. The van der Waals surface area contributed by atoms with Crippen LogP contribution in [0.15, 0.2) is 54.7 Å². The van der Waals surface area contributed by atoms with Gasteiger partial charge in [-0.05, 0) is 56.2 Å². The molecule has 1 aliphatic rings. The molecule has 3 N–H and O–H groups in total. The van der Waals surface area contributed by atoms with Crippen LogP contribution in [0, 0.1) is 0 Å². The van der Waals surface area contributed by atoms with E-state index in [4.69, 9.17) is 33.7 Å². The third-order valence-electron chi connectivity index (χ3n) is 6.15. The Kier molecular flexibility index (Phi) is 7.85. The van der Waals surface area contributed by atoms with E-state index in [1.165, 1.54) is 0 Å². The molecule has 1 saturated heterocycles. The number of nitrogens with two attached hydrogens (primary N) is 1. The fourth-order valence-corrected chi connectivity index (χ4v) is 5.15. The van der Waals surface area contributed by atoms with E-state index in [1.807, 2.05) is 42.2 Å².